The van der Waals surface area contributed by atoms with Gasteiger partial charge >= 0.3 is 0 Å². The highest BCUT2D eigenvalue weighted by Gasteiger charge is 2.17. The summed E-state index contributed by atoms with van der Waals surface area (Å²) in [6.45, 7) is 8.36. The van der Waals surface area contributed by atoms with E-state index in [1.54, 1.807) is 6.92 Å². The van der Waals surface area contributed by atoms with Crippen LogP contribution in [0.2, 0.25) is 0 Å². The van der Waals surface area contributed by atoms with E-state index in [0.717, 1.165) is 25.9 Å². The molecule has 1 aromatic rings. The van der Waals surface area contributed by atoms with Gasteiger partial charge in [0.1, 0.15) is 0 Å². The van der Waals surface area contributed by atoms with Crippen LogP contribution in [0.4, 0.5) is 5.69 Å². The van der Waals surface area contributed by atoms with Crippen molar-refractivity contribution in [2.45, 2.75) is 39.2 Å². The summed E-state index contributed by atoms with van der Waals surface area (Å²) in [5.74, 6) is 0. The van der Waals surface area contributed by atoms with Gasteiger partial charge < -0.3 is 15.7 Å². The maximum Gasteiger partial charge on any atom is 0.0742 e. The van der Waals surface area contributed by atoms with Crippen LogP contribution in [0.5, 0.6) is 0 Å². The van der Waals surface area contributed by atoms with Crippen molar-refractivity contribution in [1.29, 1.82) is 0 Å². The van der Waals surface area contributed by atoms with Crippen LogP contribution in [0.3, 0.4) is 0 Å². The van der Waals surface area contributed by atoms with Crippen LogP contribution < -0.4 is 10.6 Å². The Morgan fingerprint density at radius 1 is 1.33 bits per heavy atom. The van der Waals surface area contributed by atoms with Crippen molar-refractivity contribution in [2.24, 2.45) is 5.73 Å². The molecular weight excluding hydrogens is 224 g/mol. The number of rotatable bonds is 7. The van der Waals surface area contributed by atoms with Crippen LogP contribution in [0.1, 0.15) is 32.3 Å². The first-order valence-electron chi connectivity index (χ1n) is 6.73. The summed E-state index contributed by atoms with van der Waals surface area (Å²) in [7, 11) is 0. The second-order valence-corrected chi connectivity index (χ2v) is 5.17. The quantitative estimate of drug-likeness (QED) is 0.781. The molecule has 1 atom stereocenters. The predicted octanol–water partition coefficient (Wildman–Crippen LogP) is 2.31. The number of hydrogen-bond donors (Lipinski definition) is 2. The average Bonchev–Trinajstić information content (AvgIpc) is 2.36. The lowest BCUT2D eigenvalue weighted by molar-refractivity contribution is 0.0584. The minimum atomic E-state index is -0.731. The van der Waals surface area contributed by atoms with Gasteiger partial charge in [0.2, 0.25) is 0 Å². The maximum absolute atomic E-state index is 9.89. The SMILES string of the molecule is CCN(CCCC(C)(O)CN)c1ccccc1C. The number of benzene rings is 1. The van der Waals surface area contributed by atoms with Gasteiger partial charge in [-0.2, -0.15) is 0 Å². The van der Waals surface area contributed by atoms with Crippen molar-refractivity contribution in [3.8, 4) is 0 Å². The third kappa shape index (κ3) is 4.31. The second kappa shape index (κ2) is 6.76. The van der Waals surface area contributed by atoms with E-state index in [9.17, 15) is 5.11 Å². The molecule has 0 fully saturated rings. The third-order valence-corrected chi connectivity index (χ3v) is 3.42. The standard InChI is InChI=1S/C15H26N2O/c1-4-17(11-7-10-15(3,18)12-16)14-9-6-5-8-13(14)2/h5-6,8-9,18H,4,7,10-12,16H2,1-3H3. The van der Waals surface area contributed by atoms with Gasteiger partial charge in [-0.3, -0.25) is 0 Å². The number of anilines is 1. The van der Waals surface area contributed by atoms with Gasteiger partial charge in [0, 0.05) is 25.3 Å². The first-order valence-corrected chi connectivity index (χ1v) is 6.73. The molecular formula is C15H26N2O. The molecule has 0 bridgehead atoms. The highest BCUT2D eigenvalue weighted by molar-refractivity contribution is 5.52. The Hall–Kier alpha value is -1.06. The van der Waals surface area contributed by atoms with E-state index in [0.29, 0.717) is 6.54 Å². The smallest absolute Gasteiger partial charge is 0.0742 e. The number of para-hydroxylation sites is 1. The molecule has 0 spiro atoms. The molecule has 0 amide bonds. The van der Waals surface area contributed by atoms with Crippen LogP contribution in [0.25, 0.3) is 0 Å². The van der Waals surface area contributed by atoms with Crippen molar-refractivity contribution in [3.63, 3.8) is 0 Å². The zero-order valence-corrected chi connectivity index (χ0v) is 11.8. The Bertz CT molecular complexity index is 363. The van der Waals surface area contributed by atoms with Gasteiger partial charge in [-0.1, -0.05) is 18.2 Å². The number of nitrogens with two attached hydrogens (primary N) is 1. The minimum absolute atomic E-state index is 0.323. The topological polar surface area (TPSA) is 49.5 Å². The molecule has 0 aliphatic rings. The fraction of sp³-hybridized carbons (Fsp3) is 0.600. The molecule has 0 radical (unpaired) electrons. The van der Waals surface area contributed by atoms with E-state index in [1.165, 1.54) is 11.3 Å². The lowest BCUT2D eigenvalue weighted by Crippen LogP contribution is -2.35. The number of hydrogen-bond acceptors (Lipinski definition) is 3. The average molecular weight is 250 g/mol. The highest BCUT2D eigenvalue weighted by Crippen LogP contribution is 2.20. The Labute approximate surface area is 111 Å². The summed E-state index contributed by atoms with van der Waals surface area (Å²) in [5, 5.41) is 9.89. The summed E-state index contributed by atoms with van der Waals surface area (Å²) < 4.78 is 0. The summed E-state index contributed by atoms with van der Waals surface area (Å²) in [6.07, 6.45) is 1.69. The van der Waals surface area contributed by atoms with Crippen molar-refractivity contribution < 1.29 is 5.11 Å². The molecule has 0 aliphatic carbocycles. The third-order valence-electron chi connectivity index (χ3n) is 3.42. The molecule has 3 nitrogen and oxygen atoms in total. The first-order chi connectivity index (χ1) is 8.50. The van der Waals surface area contributed by atoms with Gasteiger partial charge in [0.25, 0.3) is 0 Å². The van der Waals surface area contributed by atoms with E-state index < -0.39 is 5.60 Å². The Morgan fingerprint density at radius 3 is 2.56 bits per heavy atom. The van der Waals surface area contributed by atoms with Crippen LogP contribution >= 0.6 is 0 Å². The van der Waals surface area contributed by atoms with Crippen LogP contribution in [0, 0.1) is 6.92 Å². The van der Waals surface area contributed by atoms with Crippen molar-refractivity contribution in [3.05, 3.63) is 29.8 Å². The van der Waals surface area contributed by atoms with Crippen molar-refractivity contribution in [2.75, 3.05) is 24.5 Å². The van der Waals surface area contributed by atoms with Crippen LogP contribution in [0.15, 0.2) is 24.3 Å². The van der Waals surface area contributed by atoms with Gasteiger partial charge in [-0.05, 0) is 45.2 Å². The molecule has 0 aromatic heterocycles. The molecule has 1 aromatic carbocycles. The summed E-state index contributed by atoms with van der Waals surface area (Å²) in [5.41, 5.74) is 7.38. The molecule has 102 valence electrons. The molecule has 0 heterocycles. The fourth-order valence-corrected chi connectivity index (χ4v) is 2.12. The molecule has 3 heteroatoms. The molecule has 0 aliphatic heterocycles. The number of aliphatic hydroxyl groups is 1. The zero-order valence-electron chi connectivity index (χ0n) is 11.8. The summed E-state index contributed by atoms with van der Waals surface area (Å²) >= 11 is 0. The van der Waals surface area contributed by atoms with Crippen LogP contribution in [-0.4, -0.2) is 30.3 Å². The molecule has 3 N–H and O–H groups in total. The van der Waals surface area contributed by atoms with Crippen molar-refractivity contribution >= 4 is 5.69 Å². The Kier molecular flexibility index (Phi) is 5.63. The summed E-state index contributed by atoms with van der Waals surface area (Å²) in [6, 6.07) is 8.42. The van der Waals surface area contributed by atoms with Gasteiger partial charge in [-0.25, -0.2) is 0 Å². The molecule has 0 saturated carbocycles. The molecule has 1 unspecified atom stereocenters. The minimum Gasteiger partial charge on any atom is -0.389 e. The molecule has 18 heavy (non-hydrogen) atoms. The second-order valence-electron chi connectivity index (χ2n) is 5.17. The molecule has 0 saturated heterocycles. The molecule has 1 rings (SSSR count). The largest absolute Gasteiger partial charge is 0.389 e. The Balaban J connectivity index is 2.56. The normalized spacial score (nSPS) is 14.3. The monoisotopic (exact) mass is 250 g/mol. The van der Waals surface area contributed by atoms with E-state index in [4.69, 9.17) is 5.73 Å². The highest BCUT2D eigenvalue weighted by atomic mass is 16.3. The number of aryl methyl sites for hydroxylation is 1. The van der Waals surface area contributed by atoms with Crippen LogP contribution in [-0.2, 0) is 0 Å². The van der Waals surface area contributed by atoms with E-state index in [-0.39, 0.29) is 0 Å². The summed E-state index contributed by atoms with van der Waals surface area (Å²) in [4.78, 5) is 2.35. The van der Waals surface area contributed by atoms with E-state index in [2.05, 4.69) is 43.0 Å². The zero-order chi connectivity index (χ0) is 13.6. The Morgan fingerprint density at radius 2 is 2.00 bits per heavy atom. The lowest BCUT2D eigenvalue weighted by atomic mass is 10.0. The maximum atomic E-state index is 9.89. The number of nitrogens with zero attached hydrogens (tertiary/aromatic N) is 1. The van der Waals surface area contributed by atoms with Crippen molar-refractivity contribution in [1.82, 2.24) is 0 Å². The van der Waals surface area contributed by atoms with Gasteiger partial charge in [-0.15, -0.1) is 0 Å². The first kappa shape index (κ1) is 15.0. The lowest BCUT2D eigenvalue weighted by Gasteiger charge is -2.27. The fourth-order valence-electron chi connectivity index (χ4n) is 2.12. The van der Waals surface area contributed by atoms with E-state index >= 15 is 0 Å². The predicted molar refractivity (Wildman–Crippen MR) is 78.0 cm³/mol. The van der Waals surface area contributed by atoms with E-state index in [1.807, 2.05) is 0 Å². The van der Waals surface area contributed by atoms with Gasteiger partial charge in [0.15, 0.2) is 0 Å². The van der Waals surface area contributed by atoms with Gasteiger partial charge in [0.05, 0.1) is 5.60 Å².